The zero-order chi connectivity index (χ0) is 22.3. The minimum Gasteiger partial charge on any atom is -0.478 e. The lowest BCUT2D eigenvalue weighted by Crippen LogP contribution is -2.30. The molecule has 1 aliphatic rings. The van der Waals surface area contributed by atoms with Gasteiger partial charge in [-0.2, -0.15) is 0 Å². The predicted octanol–water partition coefficient (Wildman–Crippen LogP) is 3.63. The number of nitrogens with zero attached hydrogens (tertiary/aromatic N) is 3. The van der Waals surface area contributed by atoms with Crippen LogP contribution in [0.3, 0.4) is 0 Å². The highest BCUT2D eigenvalue weighted by atomic mass is 32.2. The molecule has 160 valence electrons. The number of hydrogen-bond acceptors (Lipinski definition) is 6. The number of carboxylic acids is 2. The third-order valence-corrected chi connectivity index (χ3v) is 5.40. The third-order valence-electron chi connectivity index (χ3n) is 4.26. The lowest BCUT2D eigenvalue weighted by Gasteiger charge is -2.34. The van der Waals surface area contributed by atoms with Gasteiger partial charge in [0.15, 0.2) is 0 Å². The van der Waals surface area contributed by atoms with Gasteiger partial charge in [0.1, 0.15) is 0 Å². The highest BCUT2D eigenvalue weighted by Gasteiger charge is 2.23. The summed E-state index contributed by atoms with van der Waals surface area (Å²) in [5.74, 6) is -2.51. The fourth-order valence-electron chi connectivity index (χ4n) is 2.78. The molecule has 0 saturated carbocycles. The van der Waals surface area contributed by atoms with Gasteiger partial charge in [0.2, 0.25) is 0 Å². The van der Waals surface area contributed by atoms with E-state index in [1.165, 1.54) is 26.9 Å². The Kier molecular flexibility index (Phi) is 8.32. The molecular weight excluding hydrogens is 402 g/mol. The molecule has 2 N–H and O–H groups in total. The molecule has 0 unspecified atom stereocenters. The van der Waals surface area contributed by atoms with E-state index in [9.17, 15) is 9.59 Å². The second-order valence-corrected chi connectivity index (χ2v) is 8.16. The Morgan fingerprint density at radius 1 is 0.933 bits per heavy atom. The molecule has 1 heterocycles. The van der Waals surface area contributed by atoms with Crippen LogP contribution in [-0.2, 0) is 9.59 Å². The molecule has 0 amide bonds. The molecule has 7 nitrogen and oxygen atoms in total. The number of carboxylic acid groups (broad SMARTS) is 2. The van der Waals surface area contributed by atoms with Gasteiger partial charge < -0.3 is 24.9 Å². The Hall–Kier alpha value is -2.97. The van der Waals surface area contributed by atoms with E-state index in [2.05, 4.69) is 85.4 Å². The maximum Gasteiger partial charge on any atom is 0.328 e. The van der Waals surface area contributed by atoms with E-state index < -0.39 is 11.9 Å². The van der Waals surface area contributed by atoms with Crippen molar-refractivity contribution in [3.8, 4) is 0 Å². The highest BCUT2D eigenvalue weighted by Crippen LogP contribution is 2.48. The molecule has 3 rings (SSSR count). The number of para-hydroxylation sites is 1. The quantitative estimate of drug-likeness (QED) is 0.674. The van der Waals surface area contributed by atoms with Crippen molar-refractivity contribution in [2.45, 2.75) is 9.79 Å². The normalized spacial score (nSPS) is 12.1. The van der Waals surface area contributed by atoms with Crippen molar-refractivity contribution < 1.29 is 19.8 Å². The maximum absolute atomic E-state index is 9.55. The minimum atomic E-state index is -1.26. The van der Waals surface area contributed by atoms with E-state index in [4.69, 9.17) is 10.2 Å². The Morgan fingerprint density at radius 3 is 2.10 bits per heavy atom. The standard InChI is InChI=1S/C18H23N3S.C4H4O4/c1-19(2)11-12-21-15-7-5-6-8-17(15)22-18-10-9-14(20(3)4)13-16(18)21;5-3(6)1-2-4(7)8/h5-10,13H,11-12H2,1-4H3;1-2H,(H,5,6)(H,7,8). The van der Waals surface area contributed by atoms with Gasteiger partial charge in [-0.1, -0.05) is 23.9 Å². The summed E-state index contributed by atoms with van der Waals surface area (Å²) in [5, 5.41) is 15.6. The van der Waals surface area contributed by atoms with Crippen molar-refractivity contribution in [2.75, 3.05) is 51.1 Å². The van der Waals surface area contributed by atoms with Gasteiger partial charge in [0.05, 0.1) is 11.4 Å². The third kappa shape index (κ3) is 6.53. The molecule has 0 aromatic heterocycles. The van der Waals surface area contributed by atoms with Gasteiger partial charge >= 0.3 is 11.9 Å². The van der Waals surface area contributed by atoms with Crippen LogP contribution >= 0.6 is 11.8 Å². The molecular formula is C22H27N3O4S. The summed E-state index contributed by atoms with van der Waals surface area (Å²) in [6.45, 7) is 2.03. The fourth-order valence-corrected chi connectivity index (χ4v) is 3.86. The molecule has 0 bridgehead atoms. The lowest BCUT2D eigenvalue weighted by atomic mass is 10.2. The van der Waals surface area contributed by atoms with Crippen LogP contribution in [0.25, 0.3) is 0 Å². The first-order valence-corrected chi connectivity index (χ1v) is 10.1. The monoisotopic (exact) mass is 429 g/mol. The summed E-state index contributed by atoms with van der Waals surface area (Å²) < 4.78 is 0. The van der Waals surface area contributed by atoms with Gasteiger partial charge in [0, 0.05) is 54.8 Å². The van der Waals surface area contributed by atoms with Crippen LogP contribution < -0.4 is 9.80 Å². The summed E-state index contributed by atoms with van der Waals surface area (Å²) in [4.78, 5) is 28.6. The van der Waals surface area contributed by atoms with Crippen LogP contribution in [0.2, 0.25) is 0 Å². The number of anilines is 3. The molecule has 0 spiro atoms. The first-order valence-electron chi connectivity index (χ1n) is 9.33. The summed E-state index contributed by atoms with van der Waals surface area (Å²) >= 11 is 1.87. The average molecular weight is 430 g/mol. The van der Waals surface area contributed by atoms with E-state index in [0.29, 0.717) is 12.2 Å². The van der Waals surface area contributed by atoms with E-state index in [1.54, 1.807) is 0 Å². The van der Waals surface area contributed by atoms with Crippen molar-refractivity contribution in [1.29, 1.82) is 0 Å². The molecule has 0 aliphatic carbocycles. The van der Waals surface area contributed by atoms with Crippen LogP contribution in [0.1, 0.15) is 0 Å². The molecule has 0 radical (unpaired) electrons. The molecule has 0 saturated heterocycles. The molecule has 0 atom stereocenters. The average Bonchev–Trinajstić information content (AvgIpc) is 2.69. The van der Waals surface area contributed by atoms with Crippen molar-refractivity contribution in [1.82, 2.24) is 4.90 Å². The van der Waals surface area contributed by atoms with Crippen LogP contribution in [0.15, 0.2) is 64.4 Å². The zero-order valence-electron chi connectivity index (χ0n) is 17.6. The number of benzene rings is 2. The lowest BCUT2D eigenvalue weighted by molar-refractivity contribution is -0.134. The second-order valence-electron chi connectivity index (χ2n) is 7.08. The summed E-state index contributed by atoms with van der Waals surface area (Å²) in [5.41, 5.74) is 3.88. The number of fused-ring (bicyclic) bond motifs is 2. The first kappa shape index (κ1) is 23.3. The van der Waals surface area contributed by atoms with Crippen LogP contribution in [0.5, 0.6) is 0 Å². The number of carbonyl (C=O) groups is 2. The van der Waals surface area contributed by atoms with E-state index in [1.807, 2.05) is 11.8 Å². The Bertz CT molecular complexity index is 912. The predicted molar refractivity (Wildman–Crippen MR) is 121 cm³/mol. The van der Waals surface area contributed by atoms with Crippen LogP contribution in [0.4, 0.5) is 17.1 Å². The minimum absolute atomic E-state index is 0.558. The second kappa shape index (κ2) is 10.7. The SMILES string of the molecule is CN(C)CCN1c2ccccc2Sc2ccc(N(C)C)cc21.O=C(O)C=CC(=O)O. The van der Waals surface area contributed by atoms with Gasteiger partial charge in [-0.05, 0) is 44.4 Å². The Balaban J connectivity index is 0.000000343. The molecule has 0 fully saturated rings. The van der Waals surface area contributed by atoms with Crippen molar-refractivity contribution in [3.05, 3.63) is 54.6 Å². The fraction of sp³-hybridized carbons (Fsp3) is 0.273. The summed E-state index contributed by atoms with van der Waals surface area (Å²) in [7, 11) is 8.44. The number of likely N-dealkylation sites (N-methyl/N-ethyl adjacent to an activating group) is 1. The smallest absolute Gasteiger partial charge is 0.328 e. The highest BCUT2D eigenvalue weighted by molar-refractivity contribution is 7.99. The molecule has 2 aromatic carbocycles. The largest absolute Gasteiger partial charge is 0.478 e. The van der Waals surface area contributed by atoms with Gasteiger partial charge in [-0.3, -0.25) is 0 Å². The van der Waals surface area contributed by atoms with E-state index in [0.717, 1.165) is 13.1 Å². The molecule has 8 heteroatoms. The van der Waals surface area contributed by atoms with Gasteiger partial charge in [0.25, 0.3) is 0 Å². The van der Waals surface area contributed by atoms with Crippen molar-refractivity contribution in [2.24, 2.45) is 0 Å². The van der Waals surface area contributed by atoms with Gasteiger partial charge in [-0.25, -0.2) is 9.59 Å². The van der Waals surface area contributed by atoms with Gasteiger partial charge in [-0.15, -0.1) is 0 Å². The topological polar surface area (TPSA) is 84.3 Å². The van der Waals surface area contributed by atoms with E-state index >= 15 is 0 Å². The zero-order valence-corrected chi connectivity index (χ0v) is 18.4. The number of rotatable bonds is 6. The van der Waals surface area contributed by atoms with Crippen LogP contribution in [-0.4, -0.2) is 68.3 Å². The molecule has 1 aliphatic heterocycles. The maximum atomic E-state index is 9.55. The van der Waals surface area contributed by atoms with Crippen molar-refractivity contribution in [3.63, 3.8) is 0 Å². The van der Waals surface area contributed by atoms with Crippen molar-refractivity contribution >= 4 is 40.8 Å². The Morgan fingerprint density at radius 2 is 1.53 bits per heavy atom. The summed E-state index contributed by atoms with van der Waals surface area (Å²) in [6.07, 6.45) is 1.12. The summed E-state index contributed by atoms with van der Waals surface area (Å²) in [6, 6.07) is 15.4. The van der Waals surface area contributed by atoms with Crippen LogP contribution in [0, 0.1) is 0 Å². The van der Waals surface area contributed by atoms with E-state index in [-0.39, 0.29) is 0 Å². The Labute approximate surface area is 181 Å². The number of aliphatic carboxylic acids is 2. The molecule has 2 aromatic rings. The number of hydrogen-bond donors (Lipinski definition) is 2. The molecule has 30 heavy (non-hydrogen) atoms. The first-order chi connectivity index (χ1) is 14.2.